The minimum atomic E-state index is -0.0913. The molecule has 0 aliphatic carbocycles. The summed E-state index contributed by atoms with van der Waals surface area (Å²) in [5, 5.41) is 4.44. The molecule has 0 fully saturated rings. The predicted octanol–water partition coefficient (Wildman–Crippen LogP) is 3.31. The summed E-state index contributed by atoms with van der Waals surface area (Å²) in [6.45, 7) is 5.83. The van der Waals surface area contributed by atoms with Gasteiger partial charge in [-0.3, -0.25) is 20.0 Å². The smallest absolute Gasteiger partial charge is 0.244 e. The lowest BCUT2D eigenvalue weighted by Gasteiger charge is -2.29. The third-order valence-electron chi connectivity index (χ3n) is 5.03. The topological polar surface area (TPSA) is 79.9 Å². The maximum absolute atomic E-state index is 12.3. The van der Waals surface area contributed by atoms with E-state index in [0.717, 1.165) is 28.3 Å². The van der Waals surface area contributed by atoms with Crippen LogP contribution in [0.4, 0.5) is 0 Å². The number of amides is 2. The Kier molecular flexibility index (Phi) is 8.54. The van der Waals surface area contributed by atoms with Crippen LogP contribution in [0.5, 0.6) is 11.5 Å². The number of nitrogens with zero attached hydrogens (tertiary/aromatic N) is 1. The van der Waals surface area contributed by atoms with Crippen molar-refractivity contribution in [3.8, 4) is 11.5 Å². The molecule has 0 atom stereocenters. The van der Waals surface area contributed by atoms with Gasteiger partial charge in [0, 0.05) is 19.4 Å². The average molecular weight is 438 g/mol. The van der Waals surface area contributed by atoms with Crippen LogP contribution in [0.3, 0.4) is 0 Å². The Morgan fingerprint density at radius 3 is 2.56 bits per heavy atom. The number of hydrogen-bond donors (Lipinski definition) is 2. The Labute approximate surface area is 189 Å². The molecule has 2 amide bonds. The fraction of sp³-hybridized carbons (Fsp3) is 0.360. The molecule has 1 heterocycles. The van der Waals surface area contributed by atoms with Crippen molar-refractivity contribution in [2.24, 2.45) is 0 Å². The first kappa shape index (κ1) is 23.2. The van der Waals surface area contributed by atoms with Gasteiger partial charge in [-0.2, -0.15) is 0 Å². The molecular formula is C25H31N3O4. The number of hydrogen-bond acceptors (Lipinski definition) is 5. The van der Waals surface area contributed by atoms with E-state index in [1.165, 1.54) is 5.01 Å². The third kappa shape index (κ3) is 6.51. The van der Waals surface area contributed by atoms with Crippen molar-refractivity contribution in [3.63, 3.8) is 0 Å². The molecule has 0 bridgehead atoms. The Bertz CT molecular complexity index is 943. The first-order valence-electron chi connectivity index (χ1n) is 11.1. The highest BCUT2D eigenvalue weighted by Gasteiger charge is 2.20. The van der Waals surface area contributed by atoms with E-state index in [0.29, 0.717) is 39.1 Å². The van der Waals surface area contributed by atoms with Crippen molar-refractivity contribution in [1.82, 2.24) is 15.8 Å². The Morgan fingerprint density at radius 2 is 1.81 bits per heavy atom. The van der Waals surface area contributed by atoms with Crippen molar-refractivity contribution in [2.45, 2.75) is 33.1 Å². The van der Waals surface area contributed by atoms with Crippen molar-refractivity contribution in [2.75, 3.05) is 26.3 Å². The van der Waals surface area contributed by atoms with Gasteiger partial charge in [0.2, 0.25) is 11.8 Å². The summed E-state index contributed by atoms with van der Waals surface area (Å²) in [6, 6.07) is 15.7. The zero-order valence-corrected chi connectivity index (χ0v) is 18.7. The fourth-order valence-corrected chi connectivity index (χ4v) is 3.43. The maximum Gasteiger partial charge on any atom is 0.244 e. The molecule has 1 aliphatic heterocycles. The largest absolute Gasteiger partial charge is 0.490 e. The van der Waals surface area contributed by atoms with E-state index in [9.17, 15) is 9.59 Å². The lowest BCUT2D eigenvalue weighted by atomic mass is 10.1. The highest BCUT2D eigenvalue weighted by atomic mass is 16.5. The summed E-state index contributed by atoms with van der Waals surface area (Å²) in [5.41, 5.74) is 6.08. The number of rotatable bonds is 11. The highest BCUT2D eigenvalue weighted by molar-refractivity contribution is 5.84. The molecule has 7 heteroatoms. The SMILES string of the molecule is CCOc1ccc(CCNC(=O)CCN2NC(c3ccccc3)=CCC2=O)cc1OCC. The van der Waals surface area contributed by atoms with Crippen LogP contribution in [0.15, 0.2) is 54.6 Å². The van der Waals surface area contributed by atoms with Crippen LogP contribution in [0.25, 0.3) is 5.70 Å². The molecule has 0 saturated heterocycles. The van der Waals surface area contributed by atoms with Crippen LogP contribution < -0.4 is 20.2 Å². The second-order valence-electron chi connectivity index (χ2n) is 7.34. The van der Waals surface area contributed by atoms with Crippen LogP contribution in [0.2, 0.25) is 0 Å². The number of hydrazine groups is 1. The molecule has 1 aliphatic rings. The summed E-state index contributed by atoms with van der Waals surface area (Å²) < 4.78 is 11.2. The molecule has 2 aromatic carbocycles. The number of nitrogens with one attached hydrogen (secondary N) is 2. The highest BCUT2D eigenvalue weighted by Crippen LogP contribution is 2.28. The second-order valence-corrected chi connectivity index (χ2v) is 7.34. The Balaban J connectivity index is 1.45. The number of ether oxygens (including phenoxy) is 2. The lowest BCUT2D eigenvalue weighted by Crippen LogP contribution is -2.46. The van der Waals surface area contributed by atoms with E-state index in [1.807, 2.05) is 68.5 Å². The monoisotopic (exact) mass is 437 g/mol. The van der Waals surface area contributed by atoms with Gasteiger partial charge in [0.15, 0.2) is 11.5 Å². The van der Waals surface area contributed by atoms with Crippen LogP contribution in [0, 0.1) is 0 Å². The number of carbonyl (C=O) groups excluding carboxylic acids is 2. The molecule has 7 nitrogen and oxygen atoms in total. The molecule has 2 aromatic rings. The van der Waals surface area contributed by atoms with E-state index < -0.39 is 0 Å². The molecule has 32 heavy (non-hydrogen) atoms. The van der Waals surface area contributed by atoms with E-state index in [2.05, 4.69) is 10.7 Å². The van der Waals surface area contributed by atoms with E-state index >= 15 is 0 Å². The molecule has 0 unspecified atom stereocenters. The summed E-state index contributed by atoms with van der Waals surface area (Å²) in [5.74, 6) is 1.31. The normalized spacial score (nSPS) is 13.2. The van der Waals surface area contributed by atoms with Crippen molar-refractivity contribution < 1.29 is 19.1 Å². The molecule has 2 N–H and O–H groups in total. The summed E-state index contributed by atoms with van der Waals surface area (Å²) in [7, 11) is 0. The molecule has 170 valence electrons. The molecule has 0 radical (unpaired) electrons. The maximum atomic E-state index is 12.3. The second kappa shape index (κ2) is 11.8. The zero-order valence-electron chi connectivity index (χ0n) is 18.7. The first-order chi connectivity index (χ1) is 15.6. The standard InChI is InChI=1S/C25H31N3O4/c1-3-31-22-12-10-19(18-23(22)32-4-2)14-16-26-24(29)15-17-28-25(30)13-11-21(27-28)20-8-6-5-7-9-20/h5-12,18,27H,3-4,13-17H2,1-2H3,(H,26,29). The number of carbonyl (C=O) groups is 2. The van der Waals surface area contributed by atoms with Crippen LogP contribution in [-0.4, -0.2) is 43.1 Å². The quantitative estimate of drug-likeness (QED) is 0.564. The van der Waals surface area contributed by atoms with Gasteiger partial charge in [-0.15, -0.1) is 0 Å². The van der Waals surface area contributed by atoms with Gasteiger partial charge in [0.1, 0.15) is 0 Å². The minimum absolute atomic E-state index is 0.0460. The summed E-state index contributed by atoms with van der Waals surface area (Å²) in [6.07, 6.45) is 3.11. The molecular weight excluding hydrogens is 406 g/mol. The summed E-state index contributed by atoms with van der Waals surface area (Å²) in [4.78, 5) is 24.5. The Hall–Kier alpha value is -3.48. The van der Waals surface area contributed by atoms with Gasteiger partial charge in [-0.25, -0.2) is 0 Å². The lowest BCUT2D eigenvalue weighted by molar-refractivity contribution is -0.133. The van der Waals surface area contributed by atoms with E-state index in [1.54, 1.807) is 0 Å². The number of benzene rings is 2. The van der Waals surface area contributed by atoms with Gasteiger partial charge in [-0.1, -0.05) is 36.4 Å². The average Bonchev–Trinajstić information content (AvgIpc) is 2.81. The van der Waals surface area contributed by atoms with Gasteiger partial charge >= 0.3 is 0 Å². The molecule has 0 saturated carbocycles. The predicted molar refractivity (Wildman–Crippen MR) is 124 cm³/mol. The first-order valence-corrected chi connectivity index (χ1v) is 11.1. The van der Waals surface area contributed by atoms with Gasteiger partial charge in [0.05, 0.1) is 25.5 Å². The zero-order chi connectivity index (χ0) is 22.8. The van der Waals surface area contributed by atoms with Crippen molar-refractivity contribution >= 4 is 17.5 Å². The van der Waals surface area contributed by atoms with Crippen LogP contribution in [0.1, 0.15) is 37.8 Å². The van der Waals surface area contributed by atoms with Crippen LogP contribution >= 0.6 is 0 Å². The minimum Gasteiger partial charge on any atom is -0.490 e. The van der Waals surface area contributed by atoms with E-state index in [-0.39, 0.29) is 18.2 Å². The molecule has 0 spiro atoms. The van der Waals surface area contributed by atoms with Gasteiger partial charge < -0.3 is 14.8 Å². The van der Waals surface area contributed by atoms with Crippen molar-refractivity contribution in [3.05, 3.63) is 65.7 Å². The van der Waals surface area contributed by atoms with Crippen LogP contribution in [-0.2, 0) is 16.0 Å². The Morgan fingerprint density at radius 1 is 1.06 bits per heavy atom. The van der Waals surface area contributed by atoms with Gasteiger partial charge in [-0.05, 0) is 49.6 Å². The molecule has 0 aromatic heterocycles. The van der Waals surface area contributed by atoms with E-state index in [4.69, 9.17) is 9.47 Å². The van der Waals surface area contributed by atoms with Crippen molar-refractivity contribution in [1.29, 1.82) is 0 Å². The fourth-order valence-electron chi connectivity index (χ4n) is 3.43. The molecule has 3 rings (SSSR count). The summed E-state index contributed by atoms with van der Waals surface area (Å²) >= 11 is 0. The third-order valence-corrected chi connectivity index (χ3v) is 5.03. The van der Waals surface area contributed by atoms with Gasteiger partial charge in [0.25, 0.3) is 0 Å².